The number of nitrogen functional groups attached to an aromatic ring is 1. The van der Waals surface area contributed by atoms with Gasteiger partial charge in [0.15, 0.2) is 0 Å². The normalized spacial score (nSPS) is 17.5. The number of nitrogens with one attached hydrogen (secondary N) is 1. The van der Waals surface area contributed by atoms with Crippen molar-refractivity contribution in [2.45, 2.75) is 25.3 Å². The minimum atomic E-state index is 0.311. The molecule has 4 heteroatoms. The maximum Gasteiger partial charge on any atom is 0.101 e. The first-order valence-electron chi connectivity index (χ1n) is 6.40. The van der Waals surface area contributed by atoms with Crippen molar-refractivity contribution in [3.05, 3.63) is 45.6 Å². The van der Waals surface area contributed by atoms with E-state index in [2.05, 4.69) is 22.8 Å². The fraction of sp³-hybridized carbons (Fsp3) is 0.267. The predicted octanol–water partition coefficient (Wildman–Crippen LogP) is 3.69. The summed E-state index contributed by atoms with van der Waals surface area (Å²) in [7, 11) is 0. The Morgan fingerprint density at radius 1 is 1.37 bits per heavy atom. The molecule has 1 aliphatic rings. The molecule has 2 aromatic rings. The van der Waals surface area contributed by atoms with Crippen molar-refractivity contribution in [2.24, 2.45) is 0 Å². The molecule has 96 valence electrons. The first-order chi connectivity index (χ1) is 9.28. The summed E-state index contributed by atoms with van der Waals surface area (Å²) in [5.41, 5.74) is 9.22. The lowest BCUT2D eigenvalue weighted by atomic mass is 9.93. The van der Waals surface area contributed by atoms with Crippen molar-refractivity contribution < 1.29 is 0 Å². The zero-order valence-electron chi connectivity index (χ0n) is 10.5. The largest absolute Gasteiger partial charge is 0.399 e. The van der Waals surface area contributed by atoms with Gasteiger partial charge in [0.1, 0.15) is 6.07 Å². The first kappa shape index (κ1) is 12.1. The van der Waals surface area contributed by atoms with Gasteiger partial charge in [0.05, 0.1) is 17.3 Å². The third-order valence-electron chi connectivity index (χ3n) is 3.55. The maximum absolute atomic E-state index is 9.18. The molecule has 3 N–H and O–H groups in total. The van der Waals surface area contributed by atoms with Crippen molar-refractivity contribution >= 4 is 22.7 Å². The second-order valence-electron chi connectivity index (χ2n) is 4.81. The zero-order chi connectivity index (χ0) is 13.2. The molecule has 0 amide bonds. The molecule has 19 heavy (non-hydrogen) atoms. The molecular weight excluding hydrogens is 254 g/mol. The lowest BCUT2D eigenvalue weighted by Gasteiger charge is -2.25. The molecule has 1 aliphatic carbocycles. The summed E-state index contributed by atoms with van der Waals surface area (Å²) >= 11 is 1.83. The zero-order valence-corrected chi connectivity index (χ0v) is 11.3. The monoisotopic (exact) mass is 269 g/mol. The molecule has 0 saturated carbocycles. The quantitative estimate of drug-likeness (QED) is 0.817. The lowest BCUT2D eigenvalue weighted by Crippen LogP contribution is -2.16. The van der Waals surface area contributed by atoms with Gasteiger partial charge in [0.25, 0.3) is 0 Å². The number of rotatable bonds is 2. The fourth-order valence-electron chi connectivity index (χ4n) is 2.60. The molecule has 1 heterocycles. The van der Waals surface area contributed by atoms with Gasteiger partial charge in [0.2, 0.25) is 0 Å². The van der Waals surface area contributed by atoms with Gasteiger partial charge in [-0.15, -0.1) is 11.3 Å². The summed E-state index contributed by atoms with van der Waals surface area (Å²) in [6.45, 7) is 0. The second kappa shape index (κ2) is 4.94. The number of thiophene rings is 1. The second-order valence-corrected chi connectivity index (χ2v) is 5.81. The first-order valence-corrected chi connectivity index (χ1v) is 7.28. The third kappa shape index (κ3) is 2.29. The van der Waals surface area contributed by atoms with Crippen LogP contribution in [0.4, 0.5) is 11.4 Å². The lowest BCUT2D eigenvalue weighted by molar-refractivity contribution is 0.609. The number of anilines is 2. The fourth-order valence-corrected chi connectivity index (χ4v) is 3.59. The SMILES string of the molecule is N#Cc1cc(N)ccc1NC1CCCc2sccc21. The van der Waals surface area contributed by atoms with E-state index in [9.17, 15) is 5.26 Å². The molecule has 0 spiro atoms. The van der Waals surface area contributed by atoms with Gasteiger partial charge in [-0.3, -0.25) is 0 Å². The number of nitriles is 1. The number of hydrogen-bond acceptors (Lipinski definition) is 4. The van der Waals surface area contributed by atoms with Crippen LogP contribution in [0.3, 0.4) is 0 Å². The molecule has 0 aliphatic heterocycles. The van der Waals surface area contributed by atoms with Gasteiger partial charge in [-0.2, -0.15) is 5.26 Å². The summed E-state index contributed by atoms with van der Waals surface area (Å²) < 4.78 is 0. The van der Waals surface area contributed by atoms with E-state index < -0.39 is 0 Å². The number of hydrogen-bond donors (Lipinski definition) is 2. The van der Waals surface area contributed by atoms with E-state index in [0.717, 1.165) is 12.1 Å². The highest BCUT2D eigenvalue weighted by molar-refractivity contribution is 7.10. The number of nitrogens with two attached hydrogens (primary N) is 1. The van der Waals surface area contributed by atoms with Crippen LogP contribution >= 0.6 is 11.3 Å². The Bertz CT molecular complexity index is 639. The predicted molar refractivity (Wildman–Crippen MR) is 79.2 cm³/mol. The molecule has 0 radical (unpaired) electrons. The molecular formula is C15H15N3S. The van der Waals surface area contributed by atoms with Crippen molar-refractivity contribution in [1.82, 2.24) is 0 Å². The topological polar surface area (TPSA) is 61.8 Å². The van der Waals surface area contributed by atoms with E-state index in [4.69, 9.17) is 5.73 Å². The Kier molecular flexibility index (Phi) is 3.14. The van der Waals surface area contributed by atoms with Crippen molar-refractivity contribution in [1.29, 1.82) is 5.26 Å². The highest BCUT2D eigenvalue weighted by Crippen LogP contribution is 2.36. The van der Waals surface area contributed by atoms with Crippen LogP contribution in [-0.4, -0.2) is 0 Å². The molecule has 1 unspecified atom stereocenters. The van der Waals surface area contributed by atoms with Crippen LogP contribution in [0.1, 0.15) is 34.9 Å². The number of benzene rings is 1. The van der Waals surface area contributed by atoms with E-state index >= 15 is 0 Å². The van der Waals surface area contributed by atoms with E-state index in [1.165, 1.54) is 23.3 Å². The van der Waals surface area contributed by atoms with Gasteiger partial charge in [-0.25, -0.2) is 0 Å². The van der Waals surface area contributed by atoms with Crippen LogP contribution in [-0.2, 0) is 6.42 Å². The Hall–Kier alpha value is -1.99. The standard InChI is InChI=1S/C15H15N3S/c16-9-10-8-11(17)4-5-13(10)18-14-2-1-3-15-12(14)6-7-19-15/h4-8,14,18H,1-3,17H2. The van der Waals surface area contributed by atoms with Crippen LogP contribution in [0.25, 0.3) is 0 Å². The minimum absolute atomic E-state index is 0.311. The summed E-state index contributed by atoms with van der Waals surface area (Å²) in [5.74, 6) is 0. The van der Waals surface area contributed by atoms with Gasteiger partial charge < -0.3 is 11.1 Å². The van der Waals surface area contributed by atoms with Gasteiger partial charge in [0, 0.05) is 10.6 Å². The molecule has 3 nitrogen and oxygen atoms in total. The van der Waals surface area contributed by atoms with Crippen LogP contribution in [0.2, 0.25) is 0 Å². The number of nitrogens with zero attached hydrogens (tertiary/aromatic N) is 1. The Labute approximate surface area is 116 Å². The van der Waals surface area contributed by atoms with Gasteiger partial charge >= 0.3 is 0 Å². The smallest absolute Gasteiger partial charge is 0.101 e. The highest BCUT2D eigenvalue weighted by Gasteiger charge is 2.21. The van der Waals surface area contributed by atoms with Crippen molar-refractivity contribution in [2.75, 3.05) is 11.1 Å². The maximum atomic E-state index is 9.18. The molecule has 3 rings (SSSR count). The van der Waals surface area contributed by atoms with Crippen LogP contribution in [0.5, 0.6) is 0 Å². The van der Waals surface area contributed by atoms with Crippen LogP contribution in [0.15, 0.2) is 29.6 Å². The van der Waals surface area contributed by atoms with E-state index in [-0.39, 0.29) is 0 Å². The Balaban J connectivity index is 1.90. The summed E-state index contributed by atoms with van der Waals surface area (Å²) in [5, 5.41) is 14.8. The van der Waals surface area contributed by atoms with E-state index in [0.29, 0.717) is 17.3 Å². The van der Waals surface area contributed by atoms with Crippen LogP contribution < -0.4 is 11.1 Å². The summed E-state index contributed by atoms with van der Waals surface area (Å²) in [4.78, 5) is 1.47. The molecule has 1 atom stereocenters. The molecule has 0 saturated heterocycles. The van der Waals surface area contributed by atoms with Gasteiger partial charge in [-0.1, -0.05) is 0 Å². The number of fused-ring (bicyclic) bond motifs is 1. The average Bonchev–Trinajstić information content (AvgIpc) is 2.90. The summed E-state index contributed by atoms with van der Waals surface area (Å²) in [6, 6.07) is 10.2. The average molecular weight is 269 g/mol. The Morgan fingerprint density at radius 2 is 2.26 bits per heavy atom. The molecule has 1 aromatic carbocycles. The Morgan fingerprint density at radius 3 is 3.11 bits per heavy atom. The summed E-state index contributed by atoms with van der Waals surface area (Å²) in [6.07, 6.45) is 3.49. The third-order valence-corrected chi connectivity index (χ3v) is 4.54. The molecule has 1 aromatic heterocycles. The minimum Gasteiger partial charge on any atom is -0.399 e. The highest BCUT2D eigenvalue weighted by atomic mass is 32.1. The molecule has 0 bridgehead atoms. The van der Waals surface area contributed by atoms with Crippen molar-refractivity contribution in [3.8, 4) is 6.07 Å². The van der Waals surface area contributed by atoms with Crippen LogP contribution in [0, 0.1) is 11.3 Å². The molecule has 0 fully saturated rings. The van der Waals surface area contributed by atoms with Gasteiger partial charge in [-0.05, 0) is 54.5 Å². The van der Waals surface area contributed by atoms with Crippen molar-refractivity contribution in [3.63, 3.8) is 0 Å². The number of aryl methyl sites for hydroxylation is 1. The van der Waals surface area contributed by atoms with E-state index in [1.54, 1.807) is 6.07 Å². The van der Waals surface area contributed by atoms with E-state index in [1.807, 2.05) is 23.5 Å².